The van der Waals surface area contributed by atoms with Gasteiger partial charge in [-0.2, -0.15) is 0 Å². The number of thioether (sulfide) groups is 1. The highest BCUT2D eigenvalue weighted by Crippen LogP contribution is 2.20. The van der Waals surface area contributed by atoms with Crippen molar-refractivity contribution in [1.82, 2.24) is 0 Å². The van der Waals surface area contributed by atoms with Gasteiger partial charge >= 0.3 is 0 Å². The molecule has 1 rings (SSSR count). The summed E-state index contributed by atoms with van der Waals surface area (Å²) in [5, 5.41) is 0. The zero-order valence-electron chi connectivity index (χ0n) is 5.21. The average molecular weight is 146 g/mol. The molecule has 1 aliphatic heterocycles. The lowest BCUT2D eigenvalue weighted by Crippen LogP contribution is -2.16. The quantitative estimate of drug-likeness (QED) is 0.545. The maximum absolute atomic E-state index is 9.98. The Balaban J connectivity index is 2.15. The molecule has 2 nitrogen and oxygen atoms in total. The van der Waals surface area contributed by atoms with Gasteiger partial charge in [0.2, 0.25) is 0 Å². The first-order valence-electron chi connectivity index (χ1n) is 3.10. The van der Waals surface area contributed by atoms with Crippen LogP contribution in [0.4, 0.5) is 0 Å². The Morgan fingerprint density at radius 3 is 3.22 bits per heavy atom. The molecule has 0 N–H and O–H groups in total. The van der Waals surface area contributed by atoms with Crippen LogP contribution in [0.1, 0.15) is 12.8 Å². The predicted molar refractivity (Wildman–Crippen MR) is 37.5 cm³/mol. The zero-order valence-corrected chi connectivity index (χ0v) is 6.02. The molecule has 0 amide bonds. The van der Waals surface area contributed by atoms with Crippen molar-refractivity contribution in [3.8, 4) is 0 Å². The highest BCUT2D eigenvalue weighted by molar-refractivity contribution is 7.99. The lowest BCUT2D eigenvalue weighted by atomic mass is 10.5. The fourth-order valence-corrected chi connectivity index (χ4v) is 1.71. The van der Waals surface area contributed by atoms with Crippen molar-refractivity contribution in [2.75, 3.05) is 12.4 Å². The van der Waals surface area contributed by atoms with Crippen LogP contribution in [0, 0.1) is 0 Å². The van der Waals surface area contributed by atoms with Crippen LogP contribution >= 0.6 is 11.8 Å². The van der Waals surface area contributed by atoms with Gasteiger partial charge in [-0.1, -0.05) is 0 Å². The summed E-state index contributed by atoms with van der Waals surface area (Å²) in [7, 11) is 0. The molecule has 1 unspecified atom stereocenters. The summed E-state index contributed by atoms with van der Waals surface area (Å²) in [4.78, 5) is 9.98. The Hall–Kier alpha value is -0.0200. The van der Waals surface area contributed by atoms with Crippen molar-refractivity contribution in [2.24, 2.45) is 0 Å². The van der Waals surface area contributed by atoms with Crippen LogP contribution in [-0.2, 0) is 9.53 Å². The molecule has 0 saturated carbocycles. The minimum absolute atomic E-state index is 0.149. The predicted octanol–water partition coefficient (Wildman–Crippen LogP) is 1.05. The largest absolute Gasteiger partial charge is 0.367 e. The van der Waals surface area contributed by atoms with Crippen molar-refractivity contribution < 1.29 is 9.53 Å². The normalized spacial score (nSPS) is 27.8. The standard InChI is InChI=1S/C6H10O2S/c7-3-2-6-8-4-1-5-9-6/h3,6H,1-2,4-5H2. The minimum atomic E-state index is 0.149. The molecular weight excluding hydrogens is 136 g/mol. The van der Waals surface area contributed by atoms with Crippen LogP contribution in [0.15, 0.2) is 0 Å². The number of hydrogen-bond acceptors (Lipinski definition) is 3. The molecule has 1 aliphatic rings. The Bertz CT molecular complexity index is 89.1. The van der Waals surface area contributed by atoms with E-state index in [0.29, 0.717) is 6.42 Å². The molecule has 1 atom stereocenters. The highest BCUT2D eigenvalue weighted by atomic mass is 32.2. The number of ether oxygens (including phenoxy) is 1. The van der Waals surface area contributed by atoms with E-state index in [1.54, 1.807) is 11.8 Å². The van der Waals surface area contributed by atoms with Crippen LogP contribution in [0.2, 0.25) is 0 Å². The van der Waals surface area contributed by atoms with Crippen LogP contribution in [-0.4, -0.2) is 24.1 Å². The van der Waals surface area contributed by atoms with Gasteiger partial charge in [0.25, 0.3) is 0 Å². The summed E-state index contributed by atoms with van der Waals surface area (Å²) < 4.78 is 5.25. The number of carbonyl (C=O) groups is 1. The van der Waals surface area contributed by atoms with Gasteiger partial charge in [-0.25, -0.2) is 0 Å². The van der Waals surface area contributed by atoms with Gasteiger partial charge in [-0.05, 0) is 12.2 Å². The van der Waals surface area contributed by atoms with E-state index in [1.165, 1.54) is 0 Å². The van der Waals surface area contributed by atoms with E-state index in [4.69, 9.17) is 4.74 Å². The Labute approximate surface area is 59.0 Å². The molecule has 0 aromatic heterocycles. The van der Waals surface area contributed by atoms with Crippen molar-refractivity contribution in [3.63, 3.8) is 0 Å². The molecular formula is C6H10O2S. The first kappa shape index (κ1) is 7.09. The number of carbonyl (C=O) groups excluding carboxylic acids is 1. The molecule has 52 valence electrons. The summed E-state index contributed by atoms with van der Waals surface area (Å²) >= 11 is 1.73. The molecule has 0 aromatic carbocycles. The molecule has 0 spiro atoms. The second-order valence-electron chi connectivity index (χ2n) is 1.93. The molecule has 1 heterocycles. The van der Waals surface area contributed by atoms with Gasteiger partial charge in [0.05, 0.1) is 0 Å². The van der Waals surface area contributed by atoms with Crippen LogP contribution in [0.25, 0.3) is 0 Å². The molecule has 0 bridgehead atoms. The number of aldehydes is 1. The monoisotopic (exact) mass is 146 g/mol. The van der Waals surface area contributed by atoms with Crippen molar-refractivity contribution in [3.05, 3.63) is 0 Å². The van der Waals surface area contributed by atoms with E-state index in [9.17, 15) is 4.79 Å². The summed E-state index contributed by atoms with van der Waals surface area (Å²) in [6.45, 7) is 0.825. The molecule has 1 fully saturated rings. The van der Waals surface area contributed by atoms with E-state index in [-0.39, 0.29) is 5.44 Å². The zero-order chi connectivity index (χ0) is 6.53. The van der Waals surface area contributed by atoms with Crippen molar-refractivity contribution in [2.45, 2.75) is 18.3 Å². The van der Waals surface area contributed by atoms with Crippen molar-refractivity contribution >= 4 is 18.0 Å². The first-order chi connectivity index (χ1) is 4.43. The molecule has 0 radical (unpaired) electrons. The van der Waals surface area contributed by atoms with Gasteiger partial charge in [-0.3, -0.25) is 0 Å². The topological polar surface area (TPSA) is 26.3 Å². The third kappa shape index (κ3) is 2.37. The van der Waals surface area contributed by atoms with Crippen LogP contribution < -0.4 is 0 Å². The lowest BCUT2D eigenvalue weighted by molar-refractivity contribution is -0.109. The van der Waals surface area contributed by atoms with E-state index < -0.39 is 0 Å². The molecule has 0 aromatic rings. The maximum Gasteiger partial charge on any atom is 0.123 e. The molecule has 0 aliphatic carbocycles. The molecule has 1 saturated heterocycles. The fourth-order valence-electron chi connectivity index (χ4n) is 0.751. The summed E-state index contributed by atoms with van der Waals surface area (Å²) in [5.41, 5.74) is 0.149. The molecule has 3 heteroatoms. The summed E-state index contributed by atoms with van der Waals surface area (Å²) in [6.07, 6.45) is 2.59. The van der Waals surface area contributed by atoms with E-state index >= 15 is 0 Å². The second kappa shape index (κ2) is 3.90. The average Bonchev–Trinajstić information content (AvgIpc) is 1.91. The summed E-state index contributed by atoms with van der Waals surface area (Å²) in [5.74, 6) is 1.14. The SMILES string of the molecule is O=CCC1OCCCS1. The molecule has 9 heavy (non-hydrogen) atoms. The van der Waals surface area contributed by atoms with Crippen LogP contribution in [0.5, 0.6) is 0 Å². The van der Waals surface area contributed by atoms with Crippen LogP contribution in [0.3, 0.4) is 0 Å². The summed E-state index contributed by atoms with van der Waals surface area (Å²) in [6, 6.07) is 0. The van der Waals surface area contributed by atoms with E-state index in [0.717, 1.165) is 25.1 Å². The number of rotatable bonds is 2. The maximum atomic E-state index is 9.98. The first-order valence-corrected chi connectivity index (χ1v) is 4.15. The third-order valence-electron chi connectivity index (χ3n) is 1.18. The Morgan fingerprint density at radius 1 is 1.78 bits per heavy atom. The van der Waals surface area contributed by atoms with E-state index in [2.05, 4.69) is 0 Å². The smallest absolute Gasteiger partial charge is 0.123 e. The highest BCUT2D eigenvalue weighted by Gasteiger charge is 2.12. The van der Waals surface area contributed by atoms with Gasteiger partial charge in [0.1, 0.15) is 11.7 Å². The minimum Gasteiger partial charge on any atom is -0.367 e. The Morgan fingerprint density at radius 2 is 2.67 bits per heavy atom. The number of hydrogen-bond donors (Lipinski definition) is 0. The Kier molecular flexibility index (Phi) is 3.08. The van der Waals surface area contributed by atoms with Crippen molar-refractivity contribution in [1.29, 1.82) is 0 Å². The fraction of sp³-hybridized carbons (Fsp3) is 0.833. The van der Waals surface area contributed by atoms with Gasteiger partial charge in [0.15, 0.2) is 0 Å². The second-order valence-corrected chi connectivity index (χ2v) is 3.19. The van der Waals surface area contributed by atoms with Gasteiger partial charge in [-0.15, -0.1) is 11.8 Å². The van der Waals surface area contributed by atoms with Gasteiger partial charge < -0.3 is 9.53 Å². The third-order valence-corrected chi connectivity index (χ3v) is 2.41. The lowest BCUT2D eigenvalue weighted by Gasteiger charge is -2.19. The van der Waals surface area contributed by atoms with E-state index in [1.807, 2.05) is 0 Å². The van der Waals surface area contributed by atoms with Gasteiger partial charge in [0, 0.05) is 13.0 Å².